The molecule has 1 heterocycles. The van der Waals surface area contributed by atoms with Crippen LogP contribution in [0, 0.1) is 6.92 Å². The summed E-state index contributed by atoms with van der Waals surface area (Å²) in [6.07, 6.45) is 7.69. The predicted octanol–water partition coefficient (Wildman–Crippen LogP) is 8.22. The number of aryl methyl sites for hydroxylation is 1. The highest BCUT2D eigenvalue weighted by molar-refractivity contribution is 8.18. The Hall–Kier alpha value is -3.05. The number of fused-ring (bicyclic) bond motifs is 1. The number of carbonyl (C=O) groups is 1. The van der Waals surface area contributed by atoms with Crippen molar-refractivity contribution in [3.05, 3.63) is 76.2 Å². The van der Waals surface area contributed by atoms with Gasteiger partial charge in [0.05, 0.1) is 17.7 Å². The van der Waals surface area contributed by atoms with E-state index in [1.165, 1.54) is 23.6 Å². The molecule has 0 atom stereocenters. The second-order valence-electron chi connectivity index (χ2n) is 10.1. The summed E-state index contributed by atoms with van der Waals surface area (Å²) >= 11 is 1.50. The van der Waals surface area contributed by atoms with E-state index in [1.54, 1.807) is 7.11 Å². The summed E-state index contributed by atoms with van der Waals surface area (Å²) in [7, 11) is 1.71. The number of benzene rings is 3. The fourth-order valence-corrected chi connectivity index (χ4v) is 6.27. The van der Waals surface area contributed by atoms with Crippen LogP contribution in [-0.4, -0.2) is 29.1 Å². The van der Waals surface area contributed by atoms with Gasteiger partial charge in [-0.3, -0.25) is 9.69 Å². The Kier molecular flexibility index (Phi) is 7.20. The summed E-state index contributed by atoms with van der Waals surface area (Å²) in [4.78, 5) is 21.6. The van der Waals surface area contributed by atoms with Gasteiger partial charge in [-0.15, -0.1) is 0 Å². The Balaban J connectivity index is 1.55. The van der Waals surface area contributed by atoms with Crippen molar-refractivity contribution in [1.82, 2.24) is 4.90 Å². The topological polar surface area (TPSA) is 41.9 Å². The fourth-order valence-electron chi connectivity index (χ4n) is 5.22. The van der Waals surface area contributed by atoms with E-state index in [0.29, 0.717) is 5.92 Å². The zero-order valence-electron chi connectivity index (χ0n) is 21.6. The Morgan fingerprint density at radius 1 is 1.03 bits per heavy atom. The molecule has 4 nitrogen and oxygen atoms in total. The van der Waals surface area contributed by atoms with Gasteiger partial charge in [0.2, 0.25) is 0 Å². The third-order valence-corrected chi connectivity index (χ3v) is 8.24. The lowest BCUT2D eigenvalue weighted by Gasteiger charge is -2.30. The molecule has 36 heavy (non-hydrogen) atoms. The molecule has 2 aliphatic rings. The number of carbonyl (C=O) groups excluding carboxylic acids is 1. The molecule has 0 spiro atoms. The van der Waals surface area contributed by atoms with Crippen LogP contribution in [-0.2, 0) is 4.79 Å². The van der Waals surface area contributed by atoms with Crippen LogP contribution in [0.1, 0.15) is 68.6 Å². The summed E-state index contributed by atoms with van der Waals surface area (Å²) in [6.45, 7) is 6.41. The van der Waals surface area contributed by atoms with Crippen LogP contribution < -0.4 is 4.74 Å². The van der Waals surface area contributed by atoms with E-state index in [0.717, 1.165) is 69.3 Å². The lowest BCUT2D eigenvalue weighted by molar-refractivity contribution is -0.124. The van der Waals surface area contributed by atoms with E-state index in [-0.39, 0.29) is 11.9 Å². The maximum atomic E-state index is 13.8. The van der Waals surface area contributed by atoms with Crippen molar-refractivity contribution in [2.45, 2.75) is 64.8 Å². The average Bonchev–Trinajstić information content (AvgIpc) is 3.19. The predicted molar refractivity (Wildman–Crippen MR) is 152 cm³/mol. The van der Waals surface area contributed by atoms with Crippen LogP contribution in [0.25, 0.3) is 16.8 Å². The zero-order valence-corrected chi connectivity index (χ0v) is 22.4. The van der Waals surface area contributed by atoms with Gasteiger partial charge in [0.25, 0.3) is 5.91 Å². The van der Waals surface area contributed by atoms with Crippen LogP contribution in [0.3, 0.4) is 0 Å². The third-order valence-electron chi connectivity index (χ3n) is 7.26. The first kappa shape index (κ1) is 24.6. The van der Waals surface area contributed by atoms with Crippen molar-refractivity contribution >= 4 is 45.4 Å². The molecule has 2 fully saturated rings. The molecule has 3 aromatic rings. The summed E-state index contributed by atoms with van der Waals surface area (Å²) < 4.78 is 5.62. The highest BCUT2D eigenvalue weighted by Gasteiger charge is 2.38. The van der Waals surface area contributed by atoms with E-state index >= 15 is 0 Å². The average molecular weight is 499 g/mol. The highest BCUT2D eigenvalue weighted by Crippen LogP contribution is 2.40. The summed E-state index contributed by atoms with van der Waals surface area (Å²) in [6, 6.07) is 19.0. The van der Waals surface area contributed by atoms with Crippen molar-refractivity contribution in [2.24, 2.45) is 4.99 Å². The monoisotopic (exact) mass is 498 g/mol. The Morgan fingerprint density at radius 3 is 2.50 bits per heavy atom. The van der Waals surface area contributed by atoms with Crippen molar-refractivity contribution in [2.75, 3.05) is 7.11 Å². The number of thioether (sulfide) groups is 1. The van der Waals surface area contributed by atoms with Crippen LogP contribution in [0.15, 0.2) is 64.5 Å². The van der Waals surface area contributed by atoms with E-state index in [4.69, 9.17) is 9.73 Å². The SMILES string of the molecule is COc1cc(C)c(C=C2SC(=Nc3ccc4ccccc4c3)N(C3CCCCC3)C2=O)cc1C(C)C. The van der Waals surface area contributed by atoms with E-state index in [2.05, 4.69) is 57.2 Å². The molecule has 0 N–H and O–H groups in total. The van der Waals surface area contributed by atoms with E-state index in [9.17, 15) is 4.79 Å². The normalized spacial score (nSPS) is 19.2. The molecule has 0 aromatic heterocycles. The number of amidine groups is 1. The summed E-state index contributed by atoms with van der Waals surface area (Å²) in [5.41, 5.74) is 4.19. The van der Waals surface area contributed by atoms with Crippen LogP contribution in [0.5, 0.6) is 5.75 Å². The van der Waals surface area contributed by atoms with Gasteiger partial charge in [-0.1, -0.05) is 63.4 Å². The van der Waals surface area contributed by atoms with Gasteiger partial charge in [-0.2, -0.15) is 0 Å². The first-order valence-corrected chi connectivity index (χ1v) is 13.8. The molecule has 0 bridgehead atoms. The van der Waals surface area contributed by atoms with Crippen LogP contribution >= 0.6 is 11.8 Å². The minimum Gasteiger partial charge on any atom is -0.496 e. The Bertz CT molecular complexity index is 1350. The molecule has 0 unspecified atom stereocenters. The third kappa shape index (κ3) is 4.94. The molecular weight excluding hydrogens is 464 g/mol. The molecular formula is C31H34N2O2S. The highest BCUT2D eigenvalue weighted by atomic mass is 32.2. The first-order chi connectivity index (χ1) is 17.4. The fraction of sp³-hybridized carbons (Fsp3) is 0.355. The number of amides is 1. The number of hydrogen-bond donors (Lipinski definition) is 0. The molecule has 5 rings (SSSR count). The van der Waals surface area contributed by atoms with Crippen LogP contribution in [0.4, 0.5) is 5.69 Å². The smallest absolute Gasteiger partial charge is 0.267 e. The number of hydrogen-bond acceptors (Lipinski definition) is 4. The maximum absolute atomic E-state index is 13.8. The molecule has 0 radical (unpaired) electrons. The lowest BCUT2D eigenvalue weighted by Crippen LogP contribution is -2.40. The molecule has 1 amide bonds. The van der Waals surface area contributed by atoms with E-state index in [1.807, 2.05) is 29.2 Å². The molecule has 1 saturated heterocycles. The van der Waals surface area contributed by atoms with Crippen molar-refractivity contribution < 1.29 is 9.53 Å². The second-order valence-corrected chi connectivity index (χ2v) is 11.1. The first-order valence-electron chi connectivity index (χ1n) is 12.9. The van der Waals surface area contributed by atoms with Crippen LogP contribution in [0.2, 0.25) is 0 Å². The molecule has 1 saturated carbocycles. The number of nitrogens with zero attached hydrogens (tertiary/aromatic N) is 2. The second kappa shape index (κ2) is 10.5. The van der Waals surface area contributed by atoms with Crippen molar-refractivity contribution in [3.8, 4) is 5.75 Å². The Labute approximate surface area is 218 Å². The molecule has 186 valence electrons. The minimum absolute atomic E-state index is 0.0766. The zero-order chi connectivity index (χ0) is 25.2. The minimum atomic E-state index is 0.0766. The molecule has 3 aromatic carbocycles. The van der Waals surface area contributed by atoms with Gasteiger partial charge in [0.15, 0.2) is 5.17 Å². The molecule has 1 aliphatic carbocycles. The van der Waals surface area contributed by atoms with Gasteiger partial charge in [-0.25, -0.2) is 4.99 Å². The van der Waals surface area contributed by atoms with Gasteiger partial charge in [0, 0.05) is 6.04 Å². The standard InChI is InChI=1S/C31H34N2O2S/c1-20(2)27-18-24(21(3)16-28(27)35-4)19-29-30(34)33(26-12-6-5-7-13-26)31(36-29)32-25-15-14-22-10-8-9-11-23(22)17-25/h8-11,14-20,26H,5-7,12-13H2,1-4H3. The van der Waals surface area contributed by atoms with Gasteiger partial charge < -0.3 is 4.74 Å². The van der Waals surface area contributed by atoms with Crippen molar-refractivity contribution in [1.29, 1.82) is 0 Å². The van der Waals surface area contributed by atoms with Gasteiger partial charge >= 0.3 is 0 Å². The quantitative estimate of drug-likeness (QED) is 0.333. The number of ether oxygens (including phenoxy) is 1. The van der Waals surface area contributed by atoms with Gasteiger partial charge in [-0.05, 0) is 95.2 Å². The number of methoxy groups -OCH3 is 1. The number of rotatable bonds is 5. The summed E-state index contributed by atoms with van der Waals surface area (Å²) in [5, 5.41) is 3.14. The number of aliphatic imine (C=N–C) groups is 1. The maximum Gasteiger partial charge on any atom is 0.267 e. The lowest BCUT2D eigenvalue weighted by atomic mass is 9.94. The summed E-state index contributed by atoms with van der Waals surface area (Å²) in [5.74, 6) is 1.30. The largest absolute Gasteiger partial charge is 0.496 e. The van der Waals surface area contributed by atoms with E-state index < -0.39 is 0 Å². The Morgan fingerprint density at radius 2 is 1.78 bits per heavy atom. The molecule has 1 aliphatic heterocycles. The van der Waals surface area contributed by atoms with Gasteiger partial charge in [0.1, 0.15) is 5.75 Å². The molecule has 5 heteroatoms. The van der Waals surface area contributed by atoms with Crippen molar-refractivity contribution in [3.63, 3.8) is 0 Å².